The van der Waals surface area contributed by atoms with Crippen molar-refractivity contribution in [3.05, 3.63) is 71.8 Å². The van der Waals surface area contributed by atoms with Crippen LogP contribution in [0.1, 0.15) is 17.2 Å². The minimum Gasteiger partial charge on any atom is -0.335 e. The van der Waals surface area contributed by atoms with E-state index in [1.54, 1.807) is 36.4 Å². The van der Waals surface area contributed by atoms with Crippen molar-refractivity contribution >= 4 is 17.5 Å². The van der Waals surface area contributed by atoms with Gasteiger partial charge in [0.25, 0.3) is 11.8 Å². The first-order chi connectivity index (χ1) is 9.75. The van der Waals surface area contributed by atoms with Gasteiger partial charge in [0.15, 0.2) is 0 Å². The third-order valence-electron chi connectivity index (χ3n) is 3.14. The Morgan fingerprint density at radius 1 is 0.850 bits per heavy atom. The predicted octanol–water partition coefficient (Wildman–Crippen LogP) is 1.87. The number of carbonyl (C=O) groups is 2. The van der Waals surface area contributed by atoms with E-state index in [9.17, 15) is 9.59 Å². The van der Waals surface area contributed by atoms with Crippen LogP contribution in [0.15, 0.2) is 65.7 Å². The lowest BCUT2D eigenvalue weighted by Crippen LogP contribution is -2.43. The number of rotatable bonds is 2. The van der Waals surface area contributed by atoms with E-state index in [1.807, 2.05) is 24.3 Å². The Morgan fingerprint density at radius 3 is 2.10 bits per heavy atom. The van der Waals surface area contributed by atoms with E-state index in [-0.39, 0.29) is 17.5 Å². The molecule has 98 valence electrons. The van der Waals surface area contributed by atoms with Crippen molar-refractivity contribution < 1.29 is 9.59 Å². The molecule has 3 rings (SSSR count). The summed E-state index contributed by atoms with van der Waals surface area (Å²) in [4.78, 5) is 28.2. The molecule has 1 unspecified atom stereocenters. The van der Waals surface area contributed by atoms with Gasteiger partial charge in [-0.05, 0) is 5.56 Å². The standard InChI is InChI=1S/C16H12N2O2/c19-15-13(11-7-3-1-4-8-11)17-16(20)14(18-15)12-9-5-2-6-10-12/h1-10,13H,(H,17,20). The lowest BCUT2D eigenvalue weighted by atomic mass is 10.0. The van der Waals surface area contributed by atoms with E-state index in [1.165, 1.54) is 0 Å². The number of aliphatic imine (C=N–C) groups is 1. The highest BCUT2D eigenvalue weighted by Gasteiger charge is 2.30. The SMILES string of the molecule is O=C1NC(c2ccccc2)C(=O)N=C1c1ccccc1. The second kappa shape index (κ2) is 5.09. The van der Waals surface area contributed by atoms with Crippen molar-refractivity contribution in [1.29, 1.82) is 0 Å². The van der Waals surface area contributed by atoms with Crippen LogP contribution in [0.25, 0.3) is 0 Å². The highest BCUT2D eigenvalue weighted by atomic mass is 16.2. The van der Waals surface area contributed by atoms with Crippen LogP contribution in [0.4, 0.5) is 0 Å². The van der Waals surface area contributed by atoms with Crippen LogP contribution in [0.3, 0.4) is 0 Å². The molecule has 0 fully saturated rings. The molecule has 1 heterocycles. The molecule has 2 aromatic carbocycles. The first-order valence-electron chi connectivity index (χ1n) is 6.29. The third-order valence-corrected chi connectivity index (χ3v) is 3.14. The third kappa shape index (κ3) is 2.23. The average molecular weight is 264 g/mol. The number of amides is 2. The Kier molecular flexibility index (Phi) is 3.13. The maximum atomic E-state index is 12.1. The van der Waals surface area contributed by atoms with E-state index in [0.29, 0.717) is 5.56 Å². The minimum absolute atomic E-state index is 0.169. The van der Waals surface area contributed by atoms with E-state index < -0.39 is 6.04 Å². The topological polar surface area (TPSA) is 58.5 Å². The zero-order valence-corrected chi connectivity index (χ0v) is 10.6. The second-order valence-electron chi connectivity index (χ2n) is 4.48. The van der Waals surface area contributed by atoms with E-state index in [0.717, 1.165) is 5.56 Å². The normalized spacial score (nSPS) is 18.4. The fourth-order valence-electron chi connectivity index (χ4n) is 2.15. The molecule has 1 atom stereocenters. The van der Waals surface area contributed by atoms with Gasteiger partial charge in [-0.1, -0.05) is 60.7 Å². The molecule has 1 N–H and O–H groups in total. The molecule has 0 spiro atoms. The molecule has 20 heavy (non-hydrogen) atoms. The summed E-state index contributed by atoms with van der Waals surface area (Å²) >= 11 is 0. The molecule has 2 amide bonds. The highest BCUT2D eigenvalue weighted by Crippen LogP contribution is 2.18. The Hall–Kier alpha value is -2.75. The summed E-state index contributed by atoms with van der Waals surface area (Å²) in [5, 5.41) is 2.71. The first kappa shape index (κ1) is 12.3. The zero-order valence-electron chi connectivity index (χ0n) is 10.6. The van der Waals surface area contributed by atoms with Crippen LogP contribution in [0, 0.1) is 0 Å². The molecule has 4 nitrogen and oxygen atoms in total. The summed E-state index contributed by atoms with van der Waals surface area (Å²) in [5.74, 6) is -0.681. The molecule has 4 heteroatoms. The summed E-state index contributed by atoms with van der Waals surface area (Å²) in [6.07, 6.45) is 0. The first-order valence-corrected chi connectivity index (χ1v) is 6.29. The monoisotopic (exact) mass is 264 g/mol. The van der Waals surface area contributed by atoms with Gasteiger partial charge in [0.1, 0.15) is 11.8 Å². The van der Waals surface area contributed by atoms with Gasteiger partial charge in [0, 0.05) is 5.56 Å². The molecule has 0 bridgehead atoms. The lowest BCUT2D eigenvalue weighted by molar-refractivity contribution is -0.125. The number of hydrogen-bond acceptors (Lipinski definition) is 2. The van der Waals surface area contributed by atoms with Gasteiger partial charge < -0.3 is 5.32 Å². The lowest BCUT2D eigenvalue weighted by Gasteiger charge is -2.21. The quantitative estimate of drug-likeness (QED) is 0.900. The molecule has 0 saturated heterocycles. The van der Waals surface area contributed by atoms with Crippen LogP contribution < -0.4 is 5.32 Å². The van der Waals surface area contributed by atoms with Gasteiger partial charge in [-0.15, -0.1) is 0 Å². The van der Waals surface area contributed by atoms with Crippen LogP contribution >= 0.6 is 0 Å². The summed E-state index contributed by atoms with van der Waals surface area (Å²) in [6.45, 7) is 0. The molecule has 0 aliphatic carbocycles. The average Bonchev–Trinajstić information content (AvgIpc) is 2.51. The van der Waals surface area contributed by atoms with Crippen LogP contribution in [-0.2, 0) is 9.59 Å². The Morgan fingerprint density at radius 2 is 1.45 bits per heavy atom. The van der Waals surface area contributed by atoms with Gasteiger partial charge in [0.05, 0.1) is 0 Å². The molecular formula is C16H12N2O2. The molecule has 0 radical (unpaired) electrons. The zero-order chi connectivity index (χ0) is 13.9. The fourth-order valence-corrected chi connectivity index (χ4v) is 2.15. The number of benzene rings is 2. The maximum Gasteiger partial charge on any atom is 0.273 e. The van der Waals surface area contributed by atoms with E-state index in [2.05, 4.69) is 10.3 Å². The van der Waals surface area contributed by atoms with Crippen molar-refractivity contribution in [2.24, 2.45) is 4.99 Å². The minimum atomic E-state index is -0.698. The predicted molar refractivity (Wildman–Crippen MR) is 75.3 cm³/mol. The van der Waals surface area contributed by atoms with Crippen molar-refractivity contribution in [3.63, 3.8) is 0 Å². The summed E-state index contributed by atoms with van der Waals surface area (Å²) < 4.78 is 0. The molecule has 2 aromatic rings. The van der Waals surface area contributed by atoms with Gasteiger partial charge in [-0.25, -0.2) is 4.99 Å². The largest absolute Gasteiger partial charge is 0.335 e. The number of nitrogens with one attached hydrogen (secondary N) is 1. The molecular weight excluding hydrogens is 252 g/mol. The highest BCUT2D eigenvalue weighted by molar-refractivity contribution is 6.48. The fraction of sp³-hybridized carbons (Fsp3) is 0.0625. The van der Waals surface area contributed by atoms with Crippen LogP contribution in [0.5, 0.6) is 0 Å². The summed E-state index contributed by atoms with van der Waals surface area (Å²) in [5.41, 5.74) is 1.55. The molecule has 0 saturated carbocycles. The number of carbonyl (C=O) groups excluding carboxylic acids is 2. The molecule has 0 aromatic heterocycles. The Bertz CT molecular complexity index is 678. The second-order valence-corrected chi connectivity index (χ2v) is 4.48. The number of hydrogen-bond donors (Lipinski definition) is 1. The smallest absolute Gasteiger partial charge is 0.273 e. The maximum absolute atomic E-state index is 12.1. The van der Waals surface area contributed by atoms with E-state index in [4.69, 9.17) is 0 Å². The van der Waals surface area contributed by atoms with Crippen molar-refractivity contribution in [2.75, 3.05) is 0 Å². The van der Waals surface area contributed by atoms with Gasteiger partial charge in [-0.2, -0.15) is 0 Å². The van der Waals surface area contributed by atoms with Gasteiger partial charge in [0.2, 0.25) is 0 Å². The van der Waals surface area contributed by atoms with Crippen molar-refractivity contribution in [3.8, 4) is 0 Å². The van der Waals surface area contributed by atoms with Gasteiger partial charge >= 0.3 is 0 Å². The van der Waals surface area contributed by atoms with Crippen molar-refractivity contribution in [2.45, 2.75) is 6.04 Å². The number of nitrogens with zero attached hydrogens (tertiary/aromatic N) is 1. The Labute approximate surface area is 116 Å². The Balaban J connectivity index is 1.96. The summed E-state index contributed by atoms with van der Waals surface area (Å²) in [6, 6.07) is 17.4. The van der Waals surface area contributed by atoms with Crippen molar-refractivity contribution in [1.82, 2.24) is 5.32 Å². The summed E-state index contributed by atoms with van der Waals surface area (Å²) in [7, 11) is 0. The molecule has 1 aliphatic rings. The van der Waals surface area contributed by atoms with E-state index >= 15 is 0 Å². The van der Waals surface area contributed by atoms with Crippen LogP contribution in [-0.4, -0.2) is 17.5 Å². The van der Waals surface area contributed by atoms with Crippen LogP contribution in [0.2, 0.25) is 0 Å². The van der Waals surface area contributed by atoms with Gasteiger partial charge in [-0.3, -0.25) is 9.59 Å². The molecule has 1 aliphatic heterocycles.